The summed E-state index contributed by atoms with van der Waals surface area (Å²) in [5, 5.41) is 6.19. The fraction of sp³-hybridized carbons (Fsp3) is 0.400. The smallest absolute Gasteiger partial charge is 0.112 e. The number of nitrogens with zero attached hydrogens (tertiary/aromatic N) is 1. The molecule has 0 aliphatic heterocycles. The van der Waals surface area contributed by atoms with Gasteiger partial charge in [-0.3, -0.25) is 0 Å². The van der Waals surface area contributed by atoms with Crippen molar-refractivity contribution in [3.63, 3.8) is 0 Å². The molecule has 1 rings (SSSR count). The van der Waals surface area contributed by atoms with Crippen molar-refractivity contribution in [3.8, 4) is 0 Å². The molecular formula is C10H14N2O. The summed E-state index contributed by atoms with van der Waals surface area (Å²) in [6.07, 6.45) is 1.09. The Labute approximate surface area is 78.1 Å². The lowest BCUT2D eigenvalue weighted by Gasteiger charge is -2.03. The molecule has 0 aliphatic carbocycles. The van der Waals surface area contributed by atoms with Crippen LogP contribution in [0.25, 0.3) is 0 Å². The molecule has 0 heterocycles. The van der Waals surface area contributed by atoms with Crippen LogP contribution in [-0.2, 0) is 6.54 Å². The SMILES string of the molecule is CCCNCc1ccccc1N=O. The fourth-order valence-corrected chi connectivity index (χ4v) is 1.15. The molecule has 1 N–H and O–H groups in total. The van der Waals surface area contributed by atoms with E-state index in [-0.39, 0.29) is 0 Å². The van der Waals surface area contributed by atoms with E-state index in [1.54, 1.807) is 6.07 Å². The second-order valence-corrected chi connectivity index (χ2v) is 2.90. The number of benzene rings is 1. The third kappa shape index (κ3) is 2.95. The average molecular weight is 178 g/mol. The summed E-state index contributed by atoms with van der Waals surface area (Å²) >= 11 is 0. The predicted octanol–water partition coefficient (Wildman–Crippen LogP) is 2.58. The highest BCUT2D eigenvalue weighted by Crippen LogP contribution is 2.17. The summed E-state index contributed by atoms with van der Waals surface area (Å²) in [5.41, 5.74) is 1.50. The van der Waals surface area contributed by atoms with E-state index in [9.17, 15) is 4.91 Å². The van der Waals surface area contributed by atoms with Crippen molar-refractivity contribution in [2.75, 3.05) is 6.54 Å². The molecule has 0 amide bonds. The summed E-state index contributed by atoms with van der Waals surface area (Å²) in [6.45, 7) is 3.79. The van der Waals surface area contributed by atoms with E-state index in [0.717, 1.165) is 25.1 Å². The van der Waals surface area contributed by atoms with Gasteiger partial charge in [-0.15, -0.1) is 4.91 Å². The number of rotatable bonds is 5. The van der Waals surface area contributed by atoms with Gasteiger partial charge in [0, 0.05) is 6.54 Å². The van der Waals surface area contributed by atoms with Gasteiger partial charge in [-0.25, -0.2) is 0 Å². The molecule has 0 bridgehead atoms. The Balaban J connectivity index is 2.59. The molecule has 0 saturated heterocycles. The van der Waals surface area contributed by atoms with E-state index in [2.05, 4.69) is 17.4 Å². The number of hydrogen-bond acceptors (Lipinski definition) is 3. The highest BCUT2D eigenvalue weighted by molar-refractivity contribution is 5.45. The maximum Gasteiger partial charge on any atom is 0.112 e. The zero-order valence-electron chi connectivity index (χ0n) is 7.79. The summed E-state index contributed by atoms with van der Waals surface area (Å²) in [4.78, 5) is 10.4. The van der Waals surface area contributed by atoms with Crippen LogP contribution in [0.3, 0.4) is 0 Å². The third-order valence-corrected chi connectivity index (χ3v) is 1.83. The average Bonchev–Trinajstić information content (AvgIpc) is 2.19. The molecule has 1 aromatic rings. The van der Waals surface area contributed by atoms with Crippen LogP contribution < -0.4 is 5.32 Å². The minimum atomic E-state index is 0.533. The lowest BCUT2D eigenvalue weighted by atomic mass is 10.2. The molecule has 3 nitrogen and oxygen atoms in total. The molecule has 0 atom stereocenters. The van der Waals surface area contributed by atoms with Crippen molar-refractivity contribution >= 4 is 5.69 Å². The highest BCUT2D eigenvalue weighted by atomic mass is 16.3. The Kier molecular flexibility index (Phi) is 4.12. The van der Waals surface area contributed by atoms with E-state index >= 15 is 0 Å². The highest BCUT2D eigenvalue weighted by Gasteiger charge is 1.99. The van der Waals surface area contributed by atoms with Crippen molar-refractivity contribution in [1.29, 1.82) is 0 Å². The molecule has 13 heavy (non-hydrogen) atoms. The first kappa shape index (κ1) is 9.86. The van der Waals surface area contributed by atoms with Gasteiger partial charge in [-0.05, 0) is 29.8 Å². The normalized spacial score (nSPS) is 9.92. The zero-order chi connectivity index (χ0) is 9.52. The molecule has 0 unspecified atom stereocenters. The van der Waals surface area contributed by atoms with Crippen molar-refractivity contribution in [2.24, 2.45) is 5.18 Å². The van der Waals surface area contributed by atoms with Gasteiger partial charge in [0.2, 0.25) is 0 Å². The van der Waals surface area contributed by atoms with Gasteiger partial charge in [0.25, 0.3) is 0 Å². The van der Waals surface area contributed by atoms with Crippen LogP contribution in [0.15, 0.2) is 29.4 Å². The molecule has 0 aliphatic rings. The van der Waals surface area contributed by atoms with Crippen molar-refractivity contribution in [2.45, 2.75) is 19.9 Å². The molecule has 1 aromatic carbocycles. The fourth-order valence-electron chi connectivity index (χ4n) is 1.15. The standard InChI is InChI=1S/C10H14N2O/c1-2-7-11-8-9-5-3-4-6-10(9)12-13/h3-6,11H,2,7-8H2,1H3. The Hall–Kier alpha value is -1.22. The van der Waals surface area contributed by atoms with Crippen LogP contribution in [0.2, 0.25) is 0 Å². The lowest BCUT2D eigenvalue weighted by Crippen LogP contribution is -2.13. The quantitative estimate of drug-likeness (QED) is 0.556. The van der Waals surface area contributed by atoms with Crippen LogP contribution in [-0.4, -0.2) is 6.54 Å². The van der Waals surface area contributed by atoms with Gasteiger partial charge in [0.05, 0.1) is 0 Å². The summed E-state index contributed by atoms with van der Waals surface area (Å²) in [5.74, 6) is 0. The lowest BCUT2D eigenvalue weighted by molar-refractivity contribution is 0.676. The minimum Gasteiger partial charge on any atom is -0.313 e. The van der Waals surface area contributed by atoms with Crippen LogP contribution in [0, 0.1) is 4.91 Å². The number of hydrogen-bond donors (Lipinski definition) is 1. The van der Waals surface area contributed by atoms with Gasteiger partial charge >= 0.3 is 0 Å². The van der Waals surface area contributed by atoms with Crippen molar-refractivity contribution in [1.82, 2.24) is 5.32 Å². The second-order valence-electron chi connectivity index (χ2n) is 2.90. The monoisotopic (exact) mass is 178 g/mol. The van der Waals surface area contributed by atoms with Gasteiger partial charge < -0.3 is 5.32 Å². The Bertz CT molecular complexity index is 273. The maximum absolute atomic E-state index is 10.4. The first-order valence-corrected chi connectivity index (χ1v) is 4.50. The molecule has 3 heteroatoms. The summed E-state index contributed by atoms with van der Waals surface area (Å²) in [7, 11) is 0. The number of nitrogens with one attached hydrogen (secondary N) is 1. The van der Waals surface area contributed by atoms with Gasteiger partial charge in [-0.2, -0.15) is 0 Å². The first-order chi connectivity index (χ1) is 6.38. The predicted molar refractivity (Wildman–Crippen MR) is 53.9 cm³/mol. The second kappa shape index (κ2) is 5.43. The molecule has 0 aromatic heterocycles. The zero-order valence-corrected chi connectivity index (χ0v) is 7.79. The molecule has 0 saturated carbocycles. The van der Waals surface area contributed by atoms with Crippen molar-refractivity contribution < 1.29 is 0 Å². The number of nitroso groups, excluding NO2 is 1. The van der Waals surface area contributed by atoms with E-state index < -0.39 is 0 Å². The van der Waals surface area contributed by atoms with Gasteiger partial charge in [0.15, 0.2) is 0 Å². The maximum atomic E-state index is 10.4. The van der Waals surface area contributed by atoms with Gasteiger partial charge in [0.1, 0.15) is 5.69 Å². The minimum absolute atomic E-state index is 0.533. The van der Waals surface area contributed by atoms with E-state index in [0.29, 0.717) is 5.69 Å². The first-order valence-electron chi connectivity index (χ1n) is 4.50. The Morgan fingerprint density at radius 1 is 1.38 bits per heavy atom. The summed E-state index contributed by atoms with van der Waals surface area (Å²) < 4.78 is 0. The van der Waals surface area contributed by atoms with Crippen LogP contribution in [0.5, 0.6) is 0 Å². The van der Waals surface area contributed by atoms with Crippen LogP contribution in [0.4, 0.5) is 5.69 Å². The van der Waals surface area contributed by atoms with E-state index in [4.69, 9.17) is 0 Å². The molecule has 0 fully saturated rings. The van der Waals surface area contributed by atoms with Crippen molar-refractivity contribution in [3.05, 3.63) is 34.7 Å². The van der Waals surface area contributed by atoms with E-state index in [1.165, 1.54) is 0 Å². The molecule has 0 radical (unpaired) electrons. The summed E-state index contributed by atoms with van der Waals surface area (Å²) in [6, 6.07) is 7.38. The van der Waals surface area contributed by atoms with Crippen LogP contribution in [0.1, 0.15) is 18.9 Å². The molecule has 0 spiro atoms. The largest absolute Gasteiger partial charge is 0.313 e. The molecular weight excluding hydrogens is 164 g/mol. The topological polar surface area (TPSA) is 41.5 Å². The van der Waals surface area contributed by atoms with E-state index in [1.807, 2.05) is 18.2 Å². The van der Waals surface area contributed by atoms with Gasteiger partial charge in [-0.1, -0.05) is 25.1 Å². The van der Waals surface area contributed by atoms with Crippen LogP contribution >= 0.6 is 0 Å². The Morgan fingerprint density at radius 3 is 2.85 bits per heavy atom. The Morgan fingerprint density at radius 2 is 2.15 bits per heavy atom. The third-order valence-electron chi connectivity index (χ3n) is 1.83. The molecule has 70 valence electrons.